The van der Waals surface area contributed by atoms with Gasteiger partial charge in [0, 0.05) is 19.3 Å². The number of aliphatic carboxylic acids is 1. The Kier molecular flexibility index (Phi) is 4.25. The van der Waals surface area contributed by atoms with Gasteiger partial charge in [-0.15, -0.1) is 0 Å². The monoisotopic (exact) mass is 367 g/mol. The summed E-state index contributed by atoms with van der Waals surface area (Å²) in [5, 5.41) is 13.3. The molecule has 1 saturated heterocycles. The second kappa shape index (κ2) is 6.15. The van der Waals surface area contributed by atoms with Crippen molar-refractivity contribution in [3.63, 3.8) is 0 Å². The maximum atomic E-state index is 12.8. The highest BCUT2D eigenvalue weighted by Gasteiger charge is 2.42. The summed E-state index contributed by atoms with van der Waals surface area (Å²) in [4.78, 5) is 25.2. The van der Waals surface area contributed by atoms with Gasteiger partial charge in [-0.1, -0.05) is 6.07 Å². The predicted octanol–water partition coefficient (Wildman–Crippen LogP) is 2.83. The lowest BCUT2D eigenvalue weighted by molar-refractivity contribution is -0.147. The van der Waals surface area contributed by atoms with Gasteiger partial charge >= 0.3 is 12.1 Å². The minimum Gasteiger partial charge on any atom is -0.481 e. The predicted molar refractivity (Wildman–Crippen MR) is 84.8 cm³/mol. The minimum atomic E-state index is -4.47. The Labute approximate surface area is 146 Å². The molecule has 0 saturated carbocycles. The van der Waals surface area contributed by atoms with Gasteiger partial charge in [-0.2, -0.15) is 18.3 Å². The molecule has 1 fully saturated rings. The van der Waals surface area contributed by atoms with E-state index >= 15 is 0 Å². The topological polar surface area (TPSA) is 75.4 Å². The van der Waals surface area contributed by atoms with E-state index in [0.29, 0.717) is 6.42 Å². The third-order valence-electron chi connectivity index (χ3n) is 4.52. The first-order valence-electron chi connectivity index (χ1n) is 7.86. The highest BCUT2D eigenvalue weighted by molar-refractivity contribution is 5.93. The van der Waals surface area contributed by atoms with Crippen LogP contribution in [0.25, 0.3) is 5.69 Å². The highest BCUT2D eigenvalue weighted by atomic mass is 19.4. The van der Waals surface area contributed by atoms with Crippen molar-refractivity contribution in [1.29, 1.82) is 0 Å². The van der Waals surface area contributed by atoms with Crippen molar-refractivity contribution in [1.82, 2.24) is 14.7 Å². The number of aromatic nitrogens is 2. The van der Waals surface area contributed by atoms with Gasteiger partial charge in [0.15, 0.2) is 5.69 Å². The van der Waals surface area contributed by atoms with Crippen LogP contribution >= 0.6 is 0 Å². The lowest BCUT2D eigenvalue weighted by atomic mass is 9.90. The summed E-state index contributed by atoms with van der Waals surface area (Å²) in [6.45, 7) is 1.93. The Morgan fingerprint density at radius 2 is 2.00 bits per heavy atom. The first-order chi connectivity index (χ1) is 12.1. The van der Waals surface area contributed by atoms with Crippen LogP contribution in [0, 0.1) is 5.41 Å². The number of carboxylic acid groups (broad SMARTS) is 1. The van der Waals surface area contributed by atoms with Crippen molar-refractivity contribution in [2.24, 2.45) is 5.41 Å². The number of hydrogen-bond donors (Lipinski definition) is 1. The molecule has 138 valence electrons. The smallest absolute Gasteiger partial charge is 0.416 e. The average molecular weight is 367 g/mol. The van der Waals surface area contributed by atoms with Crippen LogP contribution in [0.4, 0.5) is 13.2 Å². The Balaban J connectivity index is 1.81. The number of halogens is 3. The lowest BCUT2D eigenvalue weighted by Crippen LogP contribution is -2.35. The van der Waals surface area contributed by atoms with E-state index in [9.17, 15) is 27.9 Å². The molecule has 6 nitrogen and oxygen atoms in total. The van der Waals surface area contributed by atoms with Gasteiger partial charge in [0.05, 0.1) is 16.7 Å². The molecule has 1 aromatic heterocycles. The molecule has 2 heterocycles. The molecule has 26 heavy (non-hydrogen) atoms. The van der Waals surface area contributed by atoms with Gasteiger partial charge in [-0.3, -0.25) is 9.59 Å². The molecule has 1 unspecified atom stereocenters. The number of amides is 1. The number of carboxylic acids is 1. The van der Waals surface area contributed by atoms with E-state index in [1.165, 1.54) is 34.0 Å². The fourth-order valence-corrected chi connectivity index (χ4v) is 2.88. The third-order valence-corrected chi connectivity index (χ3v) is 4.52. The van der Waals surface area contributed by atoms with E-state index in [1.54, 1.807) is 6.92 Å². The van der Waals surface area contributed by atoms with Crippen LogP contribution in [0.2, 0.25) is 0 Å². The number of carbonyl (C=O) groups excluding carboxylic acids is 1. The third kappa shape index (κ3) is 3.29. The summed E-state index contributed by atoms with van der Waals surface area (Å²) >= 11 is 0. The van der Waals surface area contributed by atoms with E-state index in [1.807, 2.05) is 0 Å². The first kappa shape index (κ1) is 18.0. The summed E-state index contributed by atoms with van der Waals surface area (Å²) in [6.07, 6.45) is -2.74. The second-order valence-electron chi connectivity index (χ2n) is 6.54. The fourth-order valence-electron chi connectivity index (χ4n) is 2.88. The number of nitrogens with zero attached hydrogens (tertiary/aromatic N) is 3. The molecule has 0 radical (unpaired) electrons. The SMILES string of the molecule is CC1(C(=O)O)CCN(C(=O)c2ccn(-c3cccc(C(F)(F)F)c3)n2)C1. The van der Waals surface area contributed by atoms with Crippen LogP contribution in [-0.2, 0) is 11.0 Å². The molecule has 1 aliphatic rings. The van der Waals surface area contributed by atoms with Crippen molar-refractivity contribution >= 4 is 11.9 Å². The molecule has 0 spiro atoms. The van der Waals surface area contributed by atoms with Gasteiger partial charge in [-0.05, 0) is 37.6 Å². The second-order valence-corrected chi connectivity index (χ2v) is 6.54. The summed E-state index contributed by atoms with van der Waals surface area (Å²) in [5.41, 5.74) is -1.58. The summed E-state index contributed by atoms with van der Waals surface area (Å²) in [7, 11) is 0. The van der Waals surface area contributed by atoms with Gasteiger partial charge in [0.1, 0.15) is 0 Å². The number of hydrogen-bond acceptors (Lipinski definition) is 3. The number of benzene rings is 1. The van der Waals surface area contributed by atoms with Gasteiger partial charge in [0.2, 0.25) is 0 Å². The zero-order valence-electron chi connectivity index (χ0n) is 13.8. The van der Waals surface area contributed by atoms with Crippen molar-refractivity contribution in [2.45, 2.75) is 19.5 Å². The molecule has 1 atom stereocenters. The Morgan fingerprint density at radius 1 is 1.27 bits per heavy atom. The van der Waals surface area contributed by atoms with Crippen LogP contribution in [0.5, 0.6) is 0 Å². The molecule has 1 aromatic carbocycles. The highest BCUT2D eigenvalue weighted by Crippen LogP contribution is 2.32. The average Bonchev–Trinajstić information content (AvgIpc) is 3.21. The van der Waals surface area contributed by atoms with E-state index in [2.05, 4.69) is 5.10 Å². The van der Waals surface area contributed by atoms with Crippen LogP contribution in [0.1, 0.15) is 29.4 Å². The maximum absolute atomic E-state index is 12.8. The molecule has 9 heteroatoms. The lowest BCUT2D eigenvalue weighted by Gasteiger charge is -2.19. The standard InChI is InChI=1S/C17H16F3N3O3/c1-16(15(25)26)6-8-22(10-16)14(24)13-5-7-23(21-13)12-4-2-3-11(9-12)17(18,19)20/h2-5,7,9H,6,8,10H2,1H3,(H,25,26). The Morgan fingerprint density at radius 3 is 2.62 bits per heavy atom. The van der Waals surface area contributed by atoms with E-state index in [4.69, 9.17) is 0 Å². The molecular weight excluding hydrogens is 351 g/mol. The van der Waals surface area contributed by atoms with Crippen molar-refractivity contribution in [2.75, 3.05) is 13.1 Å². The zero-order chi connectivity index (χ0) is 19.1. The minimum absolute atomic E-state index is 0.0528. The van der Waals surface area contributed by atoms with Crippen molar-refractivity contribution < 1.29 is 27.9 Å². The zero-order valence-corrected chi connectivity index (χ0v) is 13.8. The molecule has 0 aliphatic carbocycles. The van der Waals surface area contributed by atoms with Crippen LogP contribution in [-0.4, -0.2) is 44.8 Å². The quantitative estimate of drug-likeness (QED) is 0.905. The van der Waals surface area contributed by atoms with Gasteiger partial charge < -0.3 is 10.0 Å². The number of alkyl halides is 3. The fraction of sp³-hybridized carbons (Fsp3) is 0.353. The summed E-state index contributed by atoms with van der Waals surface area (Å²) in [5.74, 6) is -1.41. The molecule has 2 aromatic rings. The van der Waals surface area contributed by atoms with Crippen molar-refractivity contribution in [3.8, 4) is 5.69 Å². The molecule has 1 amide bonds. The summed E-state index contributed by atoms with van der Waals surface area (Å²) < 4.78 is 39.7. The Hall–Kier alpha value is -2.84. The number of rotatable bonds is 3. The maximum Gasteiger partial charge on any atom is 0.416 e. The summed E-state index contributed by atoms with van der Waals surface area (Å²) in [6, 6.07) is 6.02. The van der Waals surface area contributed by atoms with Crippen LogP contribution in [0.3, 0.4) is 0 Å². The van der Waals surface area contributed by atoms with E-state index in [0.717, 1.165) is 12.1 Å². The molecule has 0 bridgehead atoms. The Bertz CT molecular complexity index is 862. The molecular formula is C17H16F3N3O3. The number of likely N-dealkylation sites (tertiary alicyclic amines) is 1. The molecule has 1 aliphatic heterocycles. The van der Waals surface area contributed by atoms with E-state index in [-0.39, 0.29) is 24.5 Å². The van der Waals surface area contributed by atoms with Crippen LogP contribution in [0.15, 0.2) is 36.5 Å². The van der Waals surface area contributed by atoms with E-state index < -0.39 is 29.0 Å². The van der Waals surface area contributed by atoms with Crippen molar-refractivity contribution in [3.05, 3.63) is 47.8 Å². The molecule has 3 rings (SSSR count). The molecule has 1 N–H and O–H groups in total. The first-order valence-corrected chi connectivity index (χ1v) is 7.86. The largest absolute Gasteiger partial charge is 0.481 e. The van der Waals surface area contributed by atoms with Crippen LogP contribution < -0.4 is 0 Å². The normalized spacial score (nSPS) is 20.4. The van der Waals surface area contributed by atoms with Gasteiger partial charge in [0.25, 0.3) is 5.91 Å². The van der Waals surface area contributed by atoms with Gasteiger partial charge in [-0.25, -0.2) is 4.68 Å². The number of carbonyl (C=O) groups is 2.